The largest absolute Gasteiger partial charge is 0.395 e. The van der Waals surface area contributed by atoms with Gasteiger partial charge in [0.15, 0.2) is 0 Å². The first-order valence-corrected chi connectivity index (χ1v) is 6.51. The molecular formula is C13H22N2O2. The molecular weight excluding hydrogens is 216 g/mol. The van der Waals surface area contributed by atoms with Gasteiger partial charge in [-0.15, -0.1) is 0 Å². The molecule has 0 heterocycles. The van der Waals surface area contributed by atoms with Crippen molar-refractivity contribution in [3.8, 4) is 6.07 Å². The molecule has 17 heavy (non-hydrogen) atoms. The number of aliphatic hydroxyl groups is 1. The van der Waals surface area contributed by atoms with Crippen LogP contribution < -0.4 is 0 Å². The van der Waals surface area contributed by atoms with E-state index in [4.69, 9.17) is 5.11 Å². The average Bonchev–Trinajstić information content (AvgIpc) is 2.38. The molecule has 0 aromatic rings. The molecule has 1 rings (SSSR count). The molecule has 1 aliphatic carbocycles. The number of nitriles is 1. The Balaban J connectivity index is 2.78. The van der Waals surface area contributed by atoms with Gasteiger partial charge in [0.1, 0.15) is 5.41 Å². The number of amides is 1. The van der Waals surface area contributed by atoms with Gasteiger partial charge in [0.05, 0.1) is 12.7 Å². The van der Waals surface area contributed by atoms with Crippen LogP contribution in [0.4, 0.5) is 0 Å². The average molecular weight is 238 g/mol. The third-order valence-electron chi connectivity index (χ3n) is 3.48. The van der Waals surface area contributed by atoms with Gasteiger partial charge in [-0.3, -0.25) is 4.79 Å². The standard InChI is InChI=1S/C13H22N2O2/c1-2-8-15(9-10-16)12(17)13(11-14)6-4-3-5-7-13/h16H,2-10H2,1H3. The molecule has 4 nitrogen and oxygen atoms in total. The number of aliphatic hydroxyl groups excluding tert-OH is 1. The second kappa shape index (κ2) is 6.61. The summed E-state index contributed by atoms with van der Waals surface area (Å²) in [6, 6.07) is 2.24. The van der Waals surface area contributed by atoms with Crippen LogP contribution in [0.25, 0.3) is 0 Å². The van der Waals surface area contributed by atoms with Crippen molar-refractivity contribution in [2.24, 2.45) is 5.41 Å². The van der Waals surface area contributed by atoms with Crippen LogP contribution in [0.1, 0.15) is 45.4 Å². The minimum absolute atomic E-state index is 0.0345. The van der Waals surface area contributed by atoms with Gasteiger partial charge in [0, 0.05) is 13.1 Å². The third-order valence-corrected chi connectivity index (χ3v) is 3.48. The van der Waals surface area contributed by atoms with E-state index in [1.165, 1.54) is 0 Å². The van der Waals surface area contributed by atoms with E-state index in [2.05, 4.69) is 6.07 Å². The Labute approximate surface area is 103 Å². The highest BCUT2D eigenvalue weighted by Crippen LogP contribution is 2.37. The first-order chi connectivity index (χ1) is 8.20. The number of carbonyl (C=O) groups is 1. The van der Waals surface area contributed by atoms with Crippen LogP contribution in [0.3, 0.4) is 0 Å². The quantitative estimate of drug-likeness (QED) is 0.792. The summed E-state index contributed by atoms with van der Waals surface area (Å²) in [6.07, 6.45) is 5.23. The first-order valence-electron chi connectivity index (χ1n) is 6.51. The topological polar surface area (TPSA) is 64.3 Å². The van der Waals surface area contributed by atoms with Crippen LogP contribution in [0, 0.1) is 16.7 Å². The third kappa shape index (κ3) is 3.19. The number of hydrogen-bond acceptors (Lipinski definition) is 3. The van der Waals surface area contributed by atoms with Crippen LogP contribution in [-0.4, -0.2) is 35.6 Å². The fourth-order valence-corrected chi connectivity index (χ4v) is 2.54. The van der Waals surface area contributed by atoms with E-state index < -0.39 is 5.41 Å². The Morgan fingerprint density at radius 1 is 1.35 bits per heavy atom. The summed E-state index contributed by atoms with van der Waals surface area (Å²) in [6.45, 7) is 2.93. The van der Waals surface area contributed by atoms with E-state index in [0.29, 0.717) is 25.9 Å². The van der Waals surface area contributed by atoms with Crippen LogP contribution in [0.15, 0.2) is 0 Å². The van der Waals surface area contributed by atoms with Crippen molar-refractivity contribution in [2.45, 2.75) is 45.4 Å². The predicted octanol–water partition coefficient (Wildman–Crippen LogP) is 1.69. The highest BCUT2D eigenvalue weighted by atomic mass is 16.3. The predicted molar refractivity (Wildman–Crippen MR) is 65.1 cm³/mol. The summed E-state index contributed by atoms with van der Waals surface area (Å²) >= 11 is 0. The number of nitrogens with zero attached hydrogens (tertiary/aromatic N) is 2. The lowest BCUT2D eigenvalue weighted by Gasteiger charge is -2.34. The maximum absolute atomic E-state index is 12.4. The van der Waals surface area contributed by atoms with Crippen LogP contribution in [-0.2, 0) is 4.79 Å². The van der Waals surface area contributed by atoms with E-state index in [-0.39, 0.29) is 12.5 Å². The first kappa shape index (κ1) is 14.0. The van der Waals surface area contributed by atoms with E-state index in [0.717, 1.165) is 25.7 Å². The highest BCUT2D eigenvalue weighted by Gasteiger charge is 2.42. The maximum Gasteiger partial charge on any atom is 0.243 e. The molecule has 0 aromatic heterocycles. The van der Waals surface area contributed by atoms with Gasteiger partial charge in [0.2, 0.25) is 5.91 Å². The summed E-state index contributed by atoms with van der Waals surface area (Å²) in [5.41, 5.74) is -0.817. The Morgan fingerprint density at radius 3 is 2.47 bits per heavy atom. The molecule has 1 N–H and O–H groups in total. The maximum atomic E-state index is 12.4. The minimum atomic E-state index is -0.817. The summed E-state index contributed by atoms with van der Waals surface area (Å²) in [7, 11) is 0. The second-order valence-electron chi connectivity index (χ2n) is 4.77. The Hall–Kier alpha value is -1.08. The molecule has 1 saturated carbocycles. The fraction of sp³-hybridized carbons (Fsp3) is 0.846. The monoisotopic (exact) mass is 238 g/mol. The molecule has 0 aromatic carbocycles. The summed E-state index contributed by atoms with van der Waals surface area (Å²) in [5, 5.41) is 18.3. The Morgan fingerprint density at radius 2 is 2.00 bits per heavy atom. The van der Waals surface area contributed by atoms with Crippen molar-refractivity contribution in [1.82, 2.24) is 4.90 Å². The number of carbonyl (C=O) groups excluding carboxylic acids is 1. The molecule has 0 atom stereocenters. The molecule has 0 saturated heterocycles. The second-order valence-corrected chi connectivity index (χ2v) is 4.77. The van der Waals surface area contributed by atoms with Crippen LogP contribution in [0.5, 0.6) is 0 Å². The van der Waals surface area contributed by atoms with Gasteiger partial charge in [-0.1, -0.05) is 26.2 Å². The lowest BCUT2D eigenvalue weighted by Crippen LogP contribution is -2.45. The van der Waals surface area contributed by atoms with Gasteiger partial charge in [-0.2, -0.15) is 5.26 Å². The number of rotatable bonds is 5. The molecule has 1 fully saturated rings. The zero-order valence-electron chi connectivity index (χ0n) is 10.6. The van der Waals surface area contributed by atoms with E-state index in [1.54, 1.807) is 4.90 Å². The molecule has 0 spiro atoms. The van der Waals surface area contributed by atoms with Crippen LogP contribution >= 0.6 is 0 Å². The van der Waals surface area contributed by atoms with Gasteiger partial charge in [0.25, 0.3) is 0 Å². The van der Waals surface area contributed by atoms with Gasteiger partial charge < -0.3 is 10.0 Å². The van der Waals surface area contributed by atoms with Gasteiger partial charge >= 0.3 is 0 Å². The van der Waals surface area contributed by atoms with E-state index in [1.807, 2.05) is 6.92 Å². The van der Waals surface area contributed by atoms with Crippen LogP contribution in [0.2, 0.25) is 0 Å². The zero-order chi connectivity index (χ0) is 12.7. The molecule has 1 aliphatic rings. The van der Waals surface area contributed by atoms with Crippen molar-refractivity contribution >= 4 is 5.91 Å². The van der Waals surface area contributed by atoms with Crippen molar-refractivity contribution < 1.29 is 9.90 Å². The summed E-state index contributed by atoms with van der Waals surface area (Å²) in [4.78, 5) is 14.1. The van der Waals surface area contributed by atoms with Gasteiger partial charge in [-0.05, 0) is 19.3 Å². The fourth-order valence-electron chi connectivity index (χ4n) is 2.54. The Kier molecular flexibility index (Phi) is 5.43. The number of hydrogen-bond donors (Lipinski definition) is 1. The van der Waals surface area contributed by atoms with Crippen molar-refractivity contribution in [1.29, 1.82) is 5.26 Å². The molecule has 0 radical (unpaired) electrons. The normalized spacial score (nSPS) is 18.4. The summed E-state index contributed by atoms with van der Waals surface area (Å²) in [5.74, 6) is -0.0735. The van der Waals surface area contributed by atoms with Gasteiger partial charge in [-0.25, -0.2) is 0 Å². The summed E-state index contributed by atoms with van der Waals surface area (Å²) < 4.78 is 0. The van der Waals surface area contributed by atoms with Crippen molar-refractivity contribution in [3.63, 3.8) is 0 Å². The minimum Gasteiger partial charge on any atom is -0.395 e. The molecule has 4 heteroatoms. The van der Waals surface area contributed by atoms with Crippen molar-refractivity contribution in [3.05, 3.63) is 0 Å². The molecule has 1 amide bonds. The van der Waals surface area contributed by atoms with E-state index in [9.17, 15) is 10.1 Å². The molecule has 0 bridgehead atoms. The molecule has 0 aliphatic heterocycles. The SMILES string of the molecule is CCCN(CCO)C(=O)C1(C#N)CCCCC1. The smallest absolute Gasteiger partial charge is 0.243 e. The lowest BCUT2D eigenvalue weighted by atomic mass is 9.74. The highest BCUT2D eigenvalue weighted by molar-refractivity contribution is 5.85. The Bertz CT molecular complexity index is 284. The lowest BCUT2D eigenvalue weighted by molar-refractivity contribution is -0.141. The zero-order valence-corrected chi connectivity index (χ0v) is 10.6. The molecule has 0 unspecified atom stereocenters. The molecule has 96 valence electrons. The van der Waals surface area contributed by atoms with Crippen molar-refractivity contribution in [2.75, 3.05) is 19.7 Å². The van der Waals surface area contributed by atoms with E-state index >= 15 is 0 Å².